The Balaban J connectivity index is 2.21. The van der Waals surface area contributed by atoms with E-state index in [1.165, 1.54) is 24.3 Å². The number of nitrogens with one attached hydrogen (secondary N) is 1. The van der Waals surface area contributed by atoms with E-state index in [0.717, 1.165) is 12.1 Å². The minimum Gasteiger partial charge on any atom is -0.292 e. The normalized spacial score (nSPS) is 11.5. The zero-order chi connectivity index (χ0) is 17.2. The Bertz CT molecular complexity index is 872. The zero-order valence-electron chi connectivity index (χ0n) is 11.3. The zero-order valence-corrected chi connectivity index (χ0v) is 13.6. The summed E-state index contributed by atoms with van der Waals surface area (Å²) in [5, 5.41) is -0.251. The lowest BCUT2D eigenvalue weighted by molar-refractivity contribution is 0.0989. The van der Waals surface area contributed by atoms with Crippen LogP contribution < -0.4 is 4.72 Å². The van der Waals surface area contributed by atoms with E-state index in [-0.39, 0.29) is 9.92 Å². The van der Waals surface area contributed by atoms with Crippen molar-refractivity contribution < 1.29 is 22.0 Å². The first-order chi connectivity index (χ1) is 10.7. The lowest BCUT2D eigenvalue weighted by Gasteiger charge is -2.08. The summed E-state index contributed by atoms with van der Waals surface area (Å²) in [4.78, 5) is 11.7. The molecule has 0 aliphatic rings. The van der Waals surface area contributed by atoms with Crippen LogP contribution in [0.4, 0.5) is 8.78 Å². The van der Waals surface area contributed by atoms with Gasteiger partial charge in [0.05, 0.1) is 22.0 Å². The number of ketones is 1. The van der Waals surface area contributed by atoms with Gasteiger partial charge in [0.15, 0.2) is 11.6 Å². The van der Waals surface area contributed by atoms with Gasteiger partial charge in [-0.25, -0.2) is 21.9 Å². The van der Waals surface area contributed by atoms with E-state index in [1.807, 2.05) is 4.72 Å². The molecule has 2 aromatic rings. The first kappa shape index (κ1) is 17.8. The first-order valence-electron chi connectivity index (χ1n) is 6.14. The van der Waals surface area contributed by atoms with Crippen molar-refractivity contribution in [1.29, 1.82) is 0 Å². The van der Waals surface area contributed by atoms with Crippen LogP contribution in [0.2, 0.25) is 10.0 Å². The van der Waals surface area contributed by atoms with E-state index < -0.39 is 44.6 Å². The molecule has 0 spiro atoms. The van der Waals surface area contributed by atoms with E-state index in [9.17, 15) is 22.0 Å². The second-order valence-electron chi connectivity index (χ2n) is 4.42. The van der Waals surface area contributed by atoms with Crippen LogP contribution in [0.3, 0.4) is 0 Å². The van der Waals surface area contributed by atoms with Crippen LogP contribution in [0.5, 0.6) is 0 Å². The maximum Gasteiger partial charge on any atom is 0.241 e. The second-order valence-corrected chi connectivity index (χ2v) is 7.03. The third kappa shape index (κ3) is 4.06. The summed E-state index contributed by atoms with van der Waals surface area (Å²) in [5.74, 6) is -3.45. The molecule has 0 amide bonds. The van der Waals surface area contributed by atoms with E-state index in [0.29, 0.717) is 0 Å². The van der Waals surface area contributed by atoms with Crippen LogP contribution in [0.15, 0.2) is 41.3 Å². The van der Waals surface area contributed by atoms with Gasteiger partial charge in [-0.2, -0.15) is 0 Å². The Labute approximate surface area is 141 Å². The standard InChI is InChI=1S/C14H9Cl2F2NO3S/c15-8-2-1-3-9(6-8)23(21,22)19-7-12(20)13-11(17)5-4-10(16)14(13)18/h1-6,19H,7H2. The van der Waals surface area contributed by atoms with Gasteiger partial charge in [-0.3, -0.25) is 4.79 Å². The van der Waals surface area contributed by atoms with Gasteiger partial charge in [0.2, 0.25) is 10.0 Å². The van der Waals surface area contributed by atoms with E-state index in [4.69, 9.17) is 23.2 Å². The predicted molar refractivity (Wildman–Crippen MR) is 82.3 cm³/mol. The molecule has 122 valence electrons. The fourth-order valence-corrected chi connectivity index (χ4v) is 3.19. The lowest BCUT2D eigenvalue weighted by atomic mass is 10.1. The van der Waals surface area contributed by atoms with Crippen molar-refractivity contribution in [2.45, 2.75) is 4.90 Å². The summed E-state index contributed by atoms with van der Waals surface area (Å²) >= 11 is 11.2. The molecular formula is C14H9Cl2F2NO3S. The highest BCUT2D eigenvalue weighted by Crippen LogP contribution is 2.21. The number of benzene rings is 2. The van der Waals surface area contributed by atoms with Gasteiger partial charge in [0.1, 0.15) is 5.82 Å². The van der Waals surface area contributed by atoms with Gasteiger partial charge in [0.25, 0.3) is 0 Å². The fourth-order valence-electron chi connectivity index (χ4n) is 1.75. The monoisotopic (exact) mass is 379 g/mol. The molecular weight excluding hydrogens is 371 g/mol. The van der Waals surface area contributed by atoms with Crippen molar-refractivity contribution >= 4 is 39.0 Å². The quantitative estimate of drug-likeness (QED) is 0.639. The molecule has 0 aliphatic carbocycles. The third-order valence-corrected chi connectivity index (χ3v) is 4.78. The number of halogens is 4. The van der Waals surface area contributed by atoms with Crippen molar-refractivity contribution in [1.82, 2.24) is 4.72 Å². The average Bonchev–Trinajstić information content (AvgIpc) is 2.49. The highest BCUT2D eigenvalue weighted by atomic mass is 35.5. The smallest absolute Gasteiger partial charge is 0.241 e. The molecule has 0 radical (unpaired) electrons. The van der Waals surface area contributed by atoms with Crippen molar-refractivity contribution in [3.05, 3.63) is 63.6 Å². The number of carbonyl (C=O) groups is 1. The Morgan fingerprint density at radius 1 is 1.13 bits per heavy atom. The van der Waals surface area contributed by atoms with E-state index in [1.54, 1.807) is 0 Å². The summed E-state index contributed by atoms with van der Waals surface area (Å²) in [6, 6.07) is 7.11. The molecule has 0 saturated carbocycles. The van der Waals surface area contributed by atoms with Crippen LogP contribution >= 0.6 is 23.2 Å². The Hall–Kier alpha value is -1.54. The van der Waals surface area contributed by atoms with Crippen LogP contribution in [-0.2, 0) is 10.0 Å². The van der Waals surface area contributed by atoms with Crippen molar-refractivity contribution in [3.8, 4) is 0 Å². The summed E-state index contributed by atoms with van der Waals surface area (Å²) < 4.78 is 53.3. The van der Waals surface area contributed by atoms with Gasteiger partial charge in [-0.15, -0.1) is 0 Å². The van der Waals surface area contributed by atoms with Gasteiger partial charge in [-0.1, -0.05) is 29.3 Å². The molecule has 0 unspecified atom stereocenters. The Kier molecular flexibility index (Phi) is 5.36. The van der Waals surface area contributed by atoms with Crippen LogP contribution in [0.25, 0.3) is 0 Å². The number of Topliss-reactive ketones (excluding diaryl/α,β-unsaturated/α-hetero) is 1. The van der Waals surface area contributed by atoms with Crippen LogP contribution in [0, 0.1) is 11.6 Å². The summed E-state index contributed by atoms with van der Waals surface area (Å²) in [6.45, 7) is -0.830. The van der Waals surface area contributed by atoms with Gasteiger partial charge < -0.3 is 0 Å². The maximum absolute atomic E-state index is 13.7. The minimum atomic E-state index is -4.05. The van der Waals surface area contributed by atoms with Crippen molar-refractivity contribution in [2.24, 2.45) is 0 Å². The van der Waals surface area contributed by atoms with Crippen molar-refractivity contribution in [2.75, 3.05) is 6.54 Å². The summed E-state index contributed by atoms with van der Waals surface area (Å²) in [7, 11) is -4.05. The number of hydrogen-bond acceptors (Lipinski definition) is 3. The molecule has 2 rings (SSSR count). The van der Waals surface area contributed by atoms with Gasteiger partial charge in [0, 0.05) is 5.02 Å². The van der Waals surface area contributed by atoms with E-state index in [2.05, 4.69) is 0 Å². The third-order valence-electron chi connectivity index (χ3n) is 2.85. The number of hydrogen-bond donors (Lipinski definition) is 1. The van der Waals surface area contributed by atoms with Crippen LogP contribution in [-0.4, -0.2) is 20.7 Å². The summed E-state index contributed by atoms with van der Waals surface area (Å²) in [5.41, 5.74) is -0.897. The molecule has 0 aliphatic heterocycles. The molecule has 2 aromatic carbocycles. The van der Waals surface area contributed by atoms with Crippen molar-refractivity contribution in [3.63, 3.8) is 0 Å². The SMILES string of the molecule is O=C(CNS(=O)(=O)c1cccc(Cl)c1)c1c(F)ccc(Cl)c1F. The summed E-state index contributed by atoms with van der Waals surface area (Å²) in [6.07, 6.45) is 0. The number of rotatable bonds is 5. The van der Waals surface area contributed by atoms with Crippen LogP contribution in [0.1, 0.15) is 10.4 Å². The minimum absolute atomic E-state index is 0.176. The molecule has 0 aromatic heterocycles. The second kappa shape index (κ2) is 6.92. The lowest BCUT2D eigenvalue weighted by Crippen LogP contribution is -2.30. The molecule has 23 heavy (non-hydrogen) atoms. The molecule has 0 bridgehead atoms. The molecule has 0 fully saturated rings. The average molecular weight is 380 g/mol. The fraction of sp³-hybridized carbons (Fsp3) is 0.0714. The molecule has 9 heteroatoms. The Morgan fingerprint density at radius 2 is 1.83 bits per heavy atom. The number of sulfonamides is 1. The van der Waals surface area contributed by atoms with Gasteiger partial charge >= 0.3 is 0 Å². The molecule has 0 heterocycles. The first-order valence-corrected chi connectivity index (χ1v) is 8.38. The highest BCUT2D eigenvalue weighted by molar-refractivity contribution is 7.89. The largest absolute Gasteiger partial charge is 0.292 e. The van der Waals surface area contributed by atoms with E-state index >= 15 is 0 Å². The highest BCUT2D eigenvalue weighted by Gasteiger charge is 2.22. The van der Waals surface area contributed by atoms with Gasteiger partial charge in [-0.05, 0) is 30.3 Å². The molecule has 4 nitrogen and oxygen atoms in total. The molecule has 1 N–H and O–H groups in total. The Morgan fingerprint density at radius 3 is 2.48 bits per heavy atom. The molecule has 0 saturated heterocycles. The predicted octanol–water partition coefficient (Wildman–Crippen LogP) is 3.43. The topological polar surface area (TPSA) is 63.2 Å². The molecule has 0 atom stereocenters. The maximum atomic E-state index is 13.7. The number of carbonyl (C=O) groups excluding carboxylic acids is 1.